The molecule has 0 aromatic heterocycles. The molecule has 5 N–H and O–H groups in total. The Labute approximate surface area is 170 Å². The van der Waals surface area contributed by atoms with Crippen molar-refractivity contribution in [2.45, 2.75) is 25.2 Å². The number of nitrogens with two attached hydrogens (primary N) is 1. The summed E-state index contributed by atoms with van der Waals surface area (Å²) >= 11 is 0. The van der Waals surface area contributed by atoms with E-state index < -0.39 is 41.3 Å². The Morgan fingerprint density at radius 1 is 1.29 bits per heavy atom. The largest absolute Gasteiger partial charge is 0.490 e. The Hall–Kier alpha value is -3.82. The number of alkyl carbamates (subject to hydrolysis) is 1. The van der Waals surface area contributed by atoms with Crippen molar-refractivity contribution in [2.24, 2.45) is 5.73 Å². The zero-order valence-corrected chi connectivity index (χ0v) is 15.5. The molecule has 31 heavy (non-hydrogen) atoms. The number of hydrogen-bond donors (Lipinski definition) is 4. The lowest BCUT2D eigenvalue weighted by Gasteiger charge is -2.15. The normalized spacial score (nSPS) is 13.8. The monoisotopic (exact) mass is 455 g/mol. The molecule has 1 aromatic rings. The van der Waals surface area contributed by atoms with Crippen molar-refractivity contribution in [3.8, 4) is 11.5 Å². The Balaban J connectivity index is 0.000000592. The van der Waals surface area contributed by atoms with Gasteiger partial charge in [0, 0.05) is 6.54 Å². The van der Waals surface area contributed by atoms with Crippen LogP contribution < -0.4 is 20.5 Å². The van der Waals surface area contributed by atoms with Crippen molar-refractivity contribution in [1.82, 2.24) is 5.32 Å². The molecule has 0 fully saturated rings. The second-order valence-corrected chi connectivity index (χ2v) is 5.70. The van der Waals surface area contributed by atoms with Crippen LogP contribution in [-0.2, 0) is 14.3 Å². The maximum absolute atomic E-state index is 11.7. The summed E-state index contributed by atoms with van der Waals surface area (Å²) in [5.41, 5.74) is 5.07. The molecule has 0 radical (unpaired) electrons. The quantitative estimate of drug-likeness (QED) is 0.354. The van der Waals surface area contributed by atoms with Gasteiger partial charge in [-0.15, -0.1) is 0 Å². The van der Waals surface area contributed by atoms with E-state index in [-0.39, 0.29) is 30.3 Å². The van der Waals surface area contributed by atoms with Crippen molar-refractivity contribution >= 4 is 23.7 Å². The van der Waals surface area contributed by atoms with Crippen molar-refractivity contribution in [1.29, 1.82) is 0 Å². The van der Waals surface area contributed by atoms with Crippen molar-refractivity contribution in [3.05, 3.63) is 27.8 Å². The summed E-state index contributed by atoms with van der Waals surface area (Å²) in [7, 11) is 0. The minimum Gasteiger partial charge on any atom is -0.480 e. The predicted octanol–water partition coefficient (Wildman–Crippen LogP) is 1.16. The van der Waals surface area contributed by atoms with Crippen LogP contribution in [0.2, 0.25) is 0 Å². The number of alkyl halides is 3. The summed E-state index contributed by atoms with van der Waals surface area (Å²) in [4.78, 5) is 41.7. The number of carbonyl (C=O) groups excluding carboxylic acids is 1. The molecule has 1 aliphatic rings. The van der Waals surface area contributed by atoms with Gasteiger partial charge in [0.25, 0.3) is 5.69 Å². The molecule has 16 heteroatoms. The average molecular weight is 455 g/mol. The fourth-order valence-corrected chi connectivity index (χ4v) is 1.98. The first-order valence-corrected chi connectivity index (χ1v) is 8.05. The van der Waals surface area contributed by atoms with E-state index in [2.05, 4.69) is 5.32 Å². The van der Waals surface area contributed by atoms with Crippen LogP contribution in [0.5, 0.6) is 11.5 Å². The summed E-state index contributed by atoms with van der Waals surface area (Å²) in [5.74, 6) is -3.50. The number of aliphatic carboxylic acids is 2. The molecular formula is C15H16F3N3O10. The Kier molecular flexibility index (Phi) is 8.36. The van der Waals surface area contributed by atoms with Gasteiger partial charge in [0.15, 0.2) is 11.5 Å². The van der Waals surface area contributed by atoms with Crippen LogP contribution in [0.4, 0.5) is 23.7 Å². The number of nitro groups is 1. The van der Waals surface area contributed by atoms with Gasteiger partial charge in [-0.05, 0) is 13.0 Å². The lowest BCUT2D eigenvalue weighted by molar-refractivity contribution is -0.386. The smallest absolute Gasteiger partial charge is 0.480 e. The van der Waals surface area contributed by atoms with Crippen LogP contribution in [0.3, 0.4) is 0 Å². The van der Waals surface area contributed by atoms with Crippen LogP contribution in [0.15, 0.2) is 12.1 Å². The summed E-state index contributed by atoms with van der Waals surface area (Å²) < 4.78 is 47.0. The highest BCUT2D eigenvalue weighted by Crippen LogP contribution is 2.40. The standard InChI is InChI=1S/C13H15N3O8.C2HF3O2/c1-6(24-13(19)15-4-8(14)12(17)18)7-2-10-11(23-5-22-10)3-9(7)16(20)21;3-2(4,5)1(6)7/h2-3,6,8H,4-5,14H2,1H3,(H,15,19)(H,17,18);(H,6,7)/t6?,8-;/m0./s1. The second kappa shape index (κ2) is 10.3. The molecule has 2 rings (SSSR count). The van der Waals surface area contributed by atoms with Crippen LogP contribution in [0.1, 0.15) is 18.6 Å². The first kappa shape index (κ1) is 25.2. The third kappa shape index (κ3) is 7.50. The number of nitrogens with zero attached hydrogens (tertiary/aromatic N) is 1. The minimum absolute atomic E-state index is 0.0568. The molecule has 1 amide bonds. The van der Waals surface area contributed by atoms with E-state index in [4.69, 9.17) is 35.0 Å². The number of hydrogen-bond acceptors (Lipinski definition) is 9. The molecule has 0 saturated carbocycles. The molecule has 0 saturated heterocycles. The Bertz CT molecular complexity index is 861. The summed E-state index contributed by atoms with van der Waals surface area (Å²) in [6.07, 6.45) is -7.02. The van der Waals surface area contributed by atoms with Crippen molar-refractivity contribution < 1.29 is 56.9 Å². The van der Waals surface area contributed by atoms with Gasteiger partial charge in [-0.2, -0.15) is 13.2 Å². The fraction of sp³-hybridized carbons (Fsp3) is 0.400. The number of carboxylic acid groups (broad SMARTS) is 2. The van der Waals surface area contributed by atoms with Gasteiger partial charge >= 0.3 is 24.2 Å². The number of halogens is 3. The van der Waals surface area contributed by atoms with Gasteiger partial charge in [0.2, 0.25) is 6.79 Å². The average Bonchev–Trinajstić information content (AvgIpc) is 3.12. The highest BCUT2D eigenvalue weighted by molar-refractivity contribution is 5.75. The topological polar surface area (TPSA) is 201 Å². The van der Waals surface area contributed by atoms with Gasteiger partial charge in [-0.1, -0.05) is 0 Å². The Morgan fingerprint density at radius 3 is 2.26 bits per heavy atom. The second-order valence-electron chi connectivity index (χ2n) is 5.70. The van der Waals surface area contributed by atoms with E-state index in [0.29, 0.717) is 5.75 Å². The maximum Gasteiger partial charge on any atom is 0.490 e. The van der Waals surface area contributed by atoms with Crippen LogP contribution >= 0.6 is 0 Å². The highest BCUT2D eigenvalue weighted by Gasteiger charge is 2.38. The number of amides is 1. The molecule has 1 heterocycles. The maximum atomic E-state index is 11.7. The molecule has 1 aromatic carbocycles. The van der Waals surface area contributed by atoms with E-state index in [1.54, 1.807) is 0 Å². The number of ether oxygens (including phenoxy) is 3. The molecule has 13 nitrogen and oxygen atoms in total. The van der Waals surface area contributed by atoms with E-state index in [1.807, 2.05) is 0 Å². The van der Waals surface area contributed by atoms with Gasteiger partial charge < -0.3 is 35.5 Å². The fourth-order valence-electron chi connectivity index (χ4n) is 1.98. The minimum atomic E-state index is -5.08. The third-order valence-corrected chi connectivity index (χ3v) is 3.47. The van der Waals surface area contributed by atoms with Gasteiger partial charge in [0.1, 0.15) is 12.1 Å². The first-order chi connectivity index (χ1) is 14.2. The number of fused-ring (bicyclic) bond motifs is 1. The number of carboxylic acids is 2. The molecule has 0 bridgehead atoms. The van der Waals surface area contributed by atoms with Crippen LogP contribution in [0, 0.1) is 10.1 Å². The van der Waals surface area contributed by atoms with Crippen molar-refractivity contribution in [2.75, 3.05) is 13.3 Å². The molecule has 0 aliphatic carbocycles. The number of nitro benzene ring substituents is 1. The van der Waals surface area contributed by atoms with E-state index in [9.17, 15) is 32.9 Å². The summed E-state index contributed by atoms with van der Waals surface area (Å²) in [6.45, 7) is 1.03. The lowest BCUT2D eigenvalue weighted by Crippen LogP contribution is -2.42. The van der Waals surface area contributed by atoms with Crippen LogP contribution in [-0.4, -0.2) is 58.7 Å². The molecule has 0 spiro atoms. The molecule has 1 unspecified atom stereocenters. The van der Waals surface area contributed by atoms with Crippen molar-refractivity contribution in [3.63, 3.8) is 0 Å². The summed E-state index contributed by atoms with van der Waals surface area (Å²) in [6, 6.07) is 1.27. The summed E-state index contributed by atoms with van der Waals surface area (Å²) in [5, 5.41) is 29.1. The number of rotatable bonds is 6. The Morgan fingerprint density at radius 2 is 1.81 bits per heavy atom. The number of nitrogens with one attached hydrogen (secondary N) is 1. The molecule has 2 atom stereocenters. The first-order valence-electron chi connectivity index (χ1n) is 8.05. The molecular weight excluding hydrogens is 439 g/mol. The van der Waals surface area contributed by atoms with E-state index in [1.165, 1.54) is 19.1 Å². The number of benzene rings is 1. The van der Waals surface area contributed by atoms with Crippen LogP contribution in [0.25, 0.3) is 0 Å². The zero-order chi connectivity index (χ0) is 23.9. The number of carbonyl (C=O) groups is 3. The lowest BCUT2D eigenvalue weighted by atomic mass is 10.1. The zero-order valence-electron chi connectivity index (χ0n) is 15.5. The van der Waals surface area contributed by atoms with Gasteiger partial charge in [-0.3, -0.25) is 14.9 Å². The highest BCUT2D eigenvalue weighted by atomic mass is 19.4. The SMILES string of the molecule is CC(OC(=O)NC[C@H](N)C(=O)O)c1cc2c(cc1[N+](=O)[O-])OCO2.O=C(O)C(F)(F)F. The third-order valence-electron chi connectivity index (χ3n) is 3.47. The van der Waals surface area contributed by atoms with Gasteiger partial charge in [0.05, 0.1) is 16.6 Å². The predicted molar refractivity (Wildman–Crippen MR) is 91.4 cm³/mol. The van der Waals surface area contributed by atoms with E-state index >= 15 is 0 Å². The van der Waals surface area contributed by atoms with Gasteiger partial charge in [-0.25, -0.2) is 9.59 Å². The molecule has 1 aliphatic heterocycles. The molecule has 172 valence electrons. The van der Waals surface area contributed by atoms with E-state index in [0.717, 1.165) is 0 Å².